The molecule has 4 nitrogen and oxygen atoms in total. The molecule has 2 atom stereocenters. The molecule has 5 heteroatoms. The Labute approximate surface area is 129 Å². The molecule has 2 aliphatic rings. The van der Waals surface area contributed by atoms with Crippen LogP contribution in [0, 0.1) is 0 Å². The van der Waals surface area contributed by atoms with E-state index in [1.807, 2.05) is 37.4 Å². The number of ether oxygens (including phenoxy) is 2. The quantitative estimate of drug-likeness (QED) is 0.805. The first-order valence-corrected chi connectivity index (χ1v) is 7.59. The van der Waals surface area contributed by atoms with Crippen molar-refractivity contribution in [3.05, 3.63) is 46.6 Å². The van der Waals surface area contributed by atoms with Crippen molar-refractivity contribution in [2.75, 3.05) is 19.8 Å². The molecule has 1 aromatic rings. The summed E-state index contributed by atoms with van der Waals surface area (Å²) < 4.78 is 10.9. The zero-order valence-corrected chi connectivity index (χ0v) is 12.7. The minimum atomic E-state index is -0.271. The summed E-state index contributed by atoms with van der Waals surface area (Å²) in [5, 5.41) is 0.671. The number of hydrogen-bond acceptors (Lipinski definition) is 4. The number of hydrogen-bond donors (Lipinski definition) is 0. The van der Waals surface area contributed by atoms with Crippen molar-refractivity contribution in [1.29, 1.82) is 0 Å². The van der Waals surface area contributed by atoms with Crippen LogP contribution >= 0.6 is 11.6 Å². The van der Waals surface area contributed by atoms with Gasteiger partial charge in [0.05, 0.1) is 18.8 Å². The highest BCUT2D eigenvalue weighted by Crippen LogP contribution is 2.40. The van der Waals surface area contributed by atoms with Gasteiger partial charge in [0.1, 0.15) is 6.23 Å². The topological polar surface area (TPSA) is 38.8 Å². The Kier molecular flexibility index (Phi) is 4.17. The fourth-order valence-electron chi connectivity index (χ4n) is 2.94. The van der Waals surface area contributed by atoms with E-state index in [0.29, 0.717) is 30.2 Å². The summed E-state index contributed by atoms with van der Waals surface area (Å²) in [7, 11) is 0. The van der Waals surface area contributed by atoms with Crippen molar-refractivity contribution in [3.63, 3.8) is 0 Å². The molecule has 2 aliphatic heterocycles. The van der Waals surface area contributed by atoms with E-state index >= 15 is 0 Å². The van der Waals surface area contributed by atoms with E-state index in [-0.39, 0.29) is 18.1 Å². The summed E-state index contributed by atoms with van der Waals surface area (Å²) in [6, 6.07) is 7.64. The zero-order chi connectivity index (χ0) is 14.8. The first kappa shape index (κ1) is 14.4. The van der Waals surface area contributed by atoms with E-state index in [2.05, 4.69) is 4.90 Å². The molecular formula is C16H18ClNO3. The summed E-state index contributed by atoms with van der Waals surface area (Å²) in [5.41, 5.74) is 1.61. The normalized spacial score (nSPS) is 24.5. The van der Waals surface area contributed by atoms with Crippen LogP contribution in [-0.2, 0) is 14.3 Å². The molecule has 2 unspecified atom stereocenters. The van der Waals surface area contributed by atoms with Crippen LogP contribution in [0.5, 0.6) is 0 Å². The molecular weight excluding hydrogens is 290 g/mol. The van der Waals surface area contributed by atoms with Gasteiger partial charge < -0.3 is 14.4 Å². The second-order valence-electron chi connectivity index (χ2n) is 5.18. The largest absolute Gasteiger partial charge is 0.463 e. The lowest BCUT2D eigenvalue weighted by atomic mass is 9.85. The minimum Gasteiger partial charge on any atom is -0.463 e. The highest BCUT2D eigenvalue weighted by atomic mass is 35.5. The van der Waals surface area contributed by atoms with Gasteiger partial charge in [0.15, 0.2) is 0 Å². The van der Waals surface area contributed by atoms with Gasteiger partial charge in [0, 0.05) is 30.1 Å². The maximum absolute atomic E-state index is 12.3. The van der Waals surface area contributed by atoms with E-state index in [4.69, 9.17) is 21.1 Å². The van der Waals surface area contributed by atoms with E-state index in [0.717, 1.165) is 12.1 Å². The molecule has 0 bridgehead atoms. The number of esters is 1. The molecule has 112 valence electrons. The van der Waals surface area contributed by atoms with Crippen molar-refractivity contribution < 1.29 is 14.3 Å². The average molecular weight is 308 g/mol. The first-order valence-electron chi connectivity index (χ1n) is 7.21. The summed E-state index contributed by atoms with van der Waals surface area (Å²) >= 11 is 6.31. The van der Waals surface area contributed by atoms with Crippen LogP contribution < -0.4 is 0 Å². The Hall–Kier alpha value is -1.52. The smallest absolute Gasteiger partial charge is 0.336 e. The molecule has 0 aliphatic carbocycles. The van der Waals surface area contributed by atoms with Gasteiger partial charge in [-0.25, -0.2) is 4.79 Å². The van der Waals surface area contributed by atoms with Crippen molar-refractivity contribution >= 4 is 17.6 Å². The number of benzene rings is 1. The van der Waals surface area contributed by atoms with E-state index < -0.39 is 0 Å². The second kappa shape index (κ2) is 6.08. The summed E-state index contributed by atoms with van der Waals surface area (Å²) in [4.78, 5) is 14.3. The maximum atomic E-state index is 12.3. The number of carbonyl (C=O) groups excluding carboxylic acids is 1. The van der Waals surface area contributed by atoms with Crippen molar-refractivity contribution in [3.8, 4) is 0 Å². The second-order valence-corrected chi connectivity index (χ2v) is 5.59. The van der Waals surface area contributed by atoms with E-state index in [1.54, 1.807) is 0 Å². The van der Waals surface area contributed by atoms with E-state index in [9.17, 15) is 4.79 Å². The monoisotopic (exact) mass is 307 g/mol. The van der Waals surface area contributed by atoms with Gasteiger partial charge in [0.25, 0.3) is 0 Å². The standard InChI is InChI=1S/C16H18ClNO3/c1-2-20-16(19)13-10-18-7-8-21-15(18)9-12(13)11-5-3-4-6-14(11)17/h3-6,10,12,15H,2,7-9H2,1H3. The van der Waals surface area contributed by atoms with Gasteiger partial charge in [-0.05, 0) is 18.6 Å². The molecule has 0 amide bonds. The van der Waals surface area contributed by atoms with Crippen molar-refractivity contribution in [2.24, 2.45) is 0 Å². The predicted molar refractivity (Wildman–Crippen MR) is 80.0 cm³/mol. The van der Waals surface area contributed by atoms with Crippen LogP contribution in [0.3, 0.4) is 0 Å². The van der Waals surface area contributed by atoms with Crippen molar-refractivity contribution in [1.82, 2.24) is 4.90 Å². The highest BCUT2D eigenvalue weighted by Gasteiger charge is 2.37. The molecule has 0 saturated carbocycles. The van der Waals surface area contributed by atoms with Crippen LogP contribution in [0.4, 0.5) is 0 Å². The molecule has 0 radical (unpaired) electrons. The van der Waals surface area contributed by atoms with Crippen LogP contribution in [0.25, 0.3) is 0 Å². The van der Waals surface area contributed by atoms with Crippen LogP contribution in [-0.4, -0.2) is 36.9 Å². The van der Waals surface area contributed by atoms with Crippen LogP contribution in [0.15, 0.2) is 36.0 Å². The van der Waals surface area contributed by atoms with E-state index in [1.165, 1.54) is 0 Å². The molecule has 0 N–H and O–H groups in total. The fraction of sp³-hybridized carbons (Fsp3) is 0.438. The summed E-state index contributed by atoms with van der Waals surface area (Å²) in [6.07, 6.45) is 2.62. The predicted octanol–water partition coefficient (Wildman–Crippen LogP) is 2.93. The number of carbonyl (C=O) groups is 1. The number of nitrogens with zero attached hydrogens (tertiary/aromatic N) is 1. The average Bonchev–Trinajstić information content (AvgIpc) is 2.94. The Bertz CT molecular complexity index is 572. The lowest BCUT2D eigenvalue weighted by Gasteiger charge is -2.33. The third-order valence-electron chi connectivity index (χ3n) is 3.94. The lowest BCUT2D eigenvalue weighted by Crippen LogP contribution is -2.35. The third-order valence-corrected chi connectivity index (χ3v) is 4.28. The number of rotatable bonds is 3. The fourth-order valence-corrected chi connectivity index (χ4v) is 3.21. The van der Waals surface area contributed by atoms with Crippen LogP contribution in [0.2, 0.25) is 5.02 Å². The molecule has 0 aromatic heterocycles. The summed E-state index contributed by atoms with van der Waals surface area (Å²) in [5.74, 6) is -0.357. The number of halogens is 1. The molecule has 1 saturated heterocycles. The summed E-state index contributed by atoms with van der Waals surface area (Å²) in [6.45, 7) is 3.67. The van der Waals surface area contributed by atoms with Crippen molar-refractivity contribution in [2.45, 2.75) is 25.5 Å². The molecule has 0 spiro atoms. The third kappa shape index (κ3) is 2.78. The Morgan fingerprint density at radius 1 is 1.48 bits per heavy atom. The Balaban J connectivity index is 1.98. The van der Waals surface area contributed by atoms with Gasteiger partial charge in [-0.3, -0.25) is 0 Å². The van der Waals surface area contributed by atoms with Gasteiger partial charge in [0.2, 0.25) is 0 Å². The molecule has 21 heavy (non-hydrogen) atoms. The number of fused-ring (bicyclic) bond motifs is 1. The van der Waals surface area contributed by atoms with Gasteiger partial charge in [-0.2, -0.15) is 0 Å². The Morgan fingerprint density at radius 3 is 3.05 bits per heavy atom. The van der Waals surface area contributed by atoms with Crippen LogP contribution in [0.1, 0.15) is 24.8 Å². The minimum absolute atomic E-state index is 0.0180. The Morgan fingerprint density at radius 2 is 2.29 bits per heavy atom. The molecule has 2 heterocycles. The zero-order valence-electron chi connectivity index (χ0n) is 11.9. The first-order chi connectivity index (χ1) is 10.2. The highest BCUT2D eigenvalue weighted by molar-refractivity contribution is 6.31. The van der Waals surface area contributed by atoms with Gasteiger partial charge >= 0.3 is 5.97 Å². The van der Waals surface area contributed by atoms with Gasteiger partial charge in [-0.15, -0.1) is 0 Å². The molecule has 1 aromatic carbocycles. The molecule has 3 rings (SSSR count). The SMILES string of the molecule is CCOC(=O)C1=CN2CCOC2CC1c1ccccc1Cl. The maximum Gasteiger partial charge on any atom is 0.336 e. The lowest BCUT2D eigenvalue weighted by molar-refractivity contribution is -0.139. The van der Waals surface area contributed by atoms with Gasteiger partial charge in [-0.1, -0.05) is 29.8 Å². The molecule has 1 fully saturated rings.